The van der Waals surface area contributed by atoms with Crippen molar-refractivity contribution in [3.63, 3.8) is 0 Å². The molecule has 1 aromatic heterocycles. The van der Waals surface area contributed by atoms with Crippen molar-refractivity contribution in [1.82, 2.24) is 10.1 Å². The average Bonchev–Trinajstić information content (AvgIpc) is 3.00. The fourth-order valence-corrected chi connectivity index (χ4v) is 2.22. The van der Waals surface area contributed by atoms with Gasteiger partial charge in [0.15, 0.2) is 11.5 Å². The Morgan fingerprint density at radius 1 is 1.32 bits per heavy atom. The van der Waals surface area contributed by atoms with Crippen LogP contribution in [0.3, 0.4) is 0 Å². The van der Waals surface area contributed by atoms with Gasteiger partial charge in [-0.3, -0.25) is 4.79 Å². The molecule has 2 aromatic rings. The van der Waals surface area contributed by atoms with Gasteiger partial charge in [-0.2, -0.15) is 13.2 Å². The SMILES string of the molecule is CC(C)CN(C)C(=O)c1cc(COc2cccc(C(F)(F)F)c2)on1. The largest absolute Gasteiger partial charge is 0.486 e. The molecule has 2 rings (SSSR count). The summed E-state index contributed by atoms with van der Waals surface area (Å²) in [5.74, 6) is 0.321. The van der Waals surface area contributed by atoms with Crippen molar-refractivity contribution >= 4 is 5.91 Å². The monoisotopic (exact) mass is 356 g/mol. The highest BCUT2D eigenvalue weighted by molar-refractivity contribution is 5.92. The van der Waals surface area contributed by atoms with Crippen LogP contribution in [0.25, 0.3) is 0 Å². The number of ether oxygens (including phenoxy) is 1. The molecule has 0 aliphatic heterocycles. The van der Waals surface area contributed by atoms with E-state index in [2.05, 4.69) is 5.16 Å². The minimum Gasteiger partial charge on any atom is -0.486 e. The molecule has 1 heterocycles. The Hall–Kier alpha value is -2.51. The number of hydrogen-bond donors (Lipinski definition) is 0. The smallest absolute Gasteiger partial charge is 0.416 e. The van der Waals surface area contributed by atoms with Crippen LogP contribution in [0, 0.1) is 5.92 Å². The minimum atomic E-state index is -4.44. The summed E-state index contributed by atoms with van der Waals surface area (Å²) in [4.78, 5) is 13.7. The van der Waals surface area contributed by atoms with Crippen molar-refractivity contribution in [1.29, 1.82) is 0 Å². The Bertz CT molecular complexity index is 726. The first kappa shape index (κ1) is 18.8. The molecule has 0 N–H and O–H groups in total. The molecule has 25 heavy (non-hydrogen) atoms. The molecule has 0 aliphatic rings. The molecule has 0 saturated carbocycles. The average molecular weight is 356 g/mol. The van der Waals surface area contributed by atoms with E-state index in [1.54, 1.807) is 7.05 Å². The molecule has 0 unspecified atom stereocenters. The summed E-state index contributed by atoms with van der Waals surface area (Å²) >= 11 is 0. The van der Waals surface area contributed by atoms with Crippen LogP contribution in [0.1, 0.15) is 35.7 Å². The predicted molar refractivity (Wildman–Crippen MR) is 84.1 cm³/mol. The van der Waals surface area contributed by atoms with E-state index < -0.39 is 11.7 Å². The quantitative estimate of drug-likeness (QED) is 0.785. The fourth-order valence-electron chi connectivity index (χ4n) is 2.22. The van der Waals surface area contributed by atoms with Crippen molar-refractivity contribution < 1.29 is 27.2 Å². The topological polar surface area (TPSA) is 55.6 Å². The molecule has 0 fully saturated rings. The van der Waals surface area contributed by atoms with Crippen molar-refractivity contribution in [2.75, 3.05) is 13.6 Å². The zero-order valence-electron chi connectivity index (χ0n) is 14.1. The number of hydrogen-bond acceptors (Lipinski definition) is 4. The standard InChI is InChI=1S/C17H19F3N2O3/c1-11(2)9-22(3)16(23)15-8-14(25-21-15)10-24-13-6-4-5-12(7-13)17(18,19)20/h4-8,11H,9-10H2,1-3H3. The first-order chi connectivity index (χ1) is 11.7. The zero-order valence-corrected chi connectivity index (χ0v) is 14.1. The molecular weight excluding hydrogens is 337 g/mol. The number of carbonyl (C=O) groups excluding carboxylic acids is 1. The molecule has 0 bridgehead atoms. The number of benzene rings is 1. The molecule has 136 valence electrons. The molecular formula is C17H19F3N2O3. The molecule has 0 atom stereocenters. The Kier molecular flexibility index (Phi) is 5.71. The molecule has 0 aliphatic carbocycles. The zero-order chi connectivity index (χ0) is 18.6. The van der Waals surface area contributed by atoms with E-state index in [-0.39, 0.29) is 29.7 Å². The van der Waals surface area contributed by atoms with Crippen LogP contribution >= 0.6 is 0 Å². The molecule has 0 radical (unpaired) electrons. The number of carbonyl (C=O) groups is 1. The second kappa shape index (κ2) is 7.58. The number of nitrogens with zero attached hydrogens (tertiary/aromatic N) is 2. The third-order valence-corrected chi connectivity index (χ3v) is 3.31. The van der Waals surface area contributed by atoms with Crippen molar-refractivity contribution in [3.05, 3.63) is 47.3 Å². The van der Waals surface area contributed by atoms with Gasteiger partial charge >= 0.3 is 6.18 Å². The van der Waals surface area contributed by atoms with Gasteiger partial charge in [-0.25, -0.2) is 0 Å². The van der Waals surface area contributed by atoms with E-state index in [0.29, 0.717) is 12.5 Å². The van der Waals surface area contributed by atoms with Crippen LogP contribution in [0.2, 0.25) is 0 Å². The normalized spacial score (nSPS) is 11.6. The van der Waals surface area contributed by atoms with Gasteiger partial charge in [-0.15, -0.1) is 0 Å². The van der Waals surface area contributed by atoms with Gasteiger partial charge in [0, 0.05) is 19.7 Å². The van der Waals surface area contributed by atoms with E-state index in [9.17, 15) is 18.0 Å². The maximum Gasteiger partial charge on any atom is 0.416 e. The van der Waals surface area contributed by atoms with Crippen LogP contribution in [0.4, 0.5) is 13.2 Å². The minimum absolute atomic E-state index is 0.0519. The molecule has 1 amide bonds. The lowest BCUT2D eigenvalue weighted by atomic mass is 10.2. The highest BCUT2D eigenvalue weighted by Crippen LogP contribution is 2.31. The summed E-state index contributed by atoms with van der Waals surface area (Å²) in [5.41, 5.74) is -0.667. The van der Waals surface area contributed by atoms with Gasteiger partial charge in [0.2, 0.25) is 0 Å². The number of amides is 1. The summed E-state index contributed by atoms with van der Waals surface area (Å²) in [6.45, 7) is 4.42. The van der Waals surface area contributed by atoms with Gasteiger partial charge < -0.3 is 14.2 Å². The number of rotatable bonds is 6. The number of alkyl halides is 3. The Labute approximate surface area is 143 Å². The first-order valence-electron chi connectivity index (χ1n) is 7.68. The number of halogens is 3. The lowest BCUT2D eigenvalue weighted by Crippen LogP contribution is -2.30. The highest BCUT2D eigenvalue weighted by atomic mass is 19.4. The van der Waals surface area contributed by atoms with Crippen LogP contribution in [0.5, 0.6) is 5.75 Å². The highest BCUT2D eigenvalue weighted by Gasteiger charge is 2.30. The summed E-state index contributed by atoms with van der Waals surface area (Å²) < 4.78 is 48.3. The predicted octanol–water partition coefficient (Wildman–Crippen LogP) is 4.00. The molecule has 1 aromatic carbocycles. The second-order valence-electron chi connectivity index (χ2n) is 6.07. The van der Waals surface area contributed by atoms with E-state index in [1.807, 2.05) is 13.8 Å². The van der Waals surface area contributed by atoms with Crippen LogP contribution in [-0.4, -0.2) is 29.6 Å². The maximum atomic E-state index is 12.7. The summed E-state index contributed by atoms with van der Waals surface area (Å²) in [6, 6.07) is 5.96. The van der Waals surface area contributed by atoms with Crippen molar-refractivity contribution in [2.24, 2.45) is 5.92 Å². The van der Waals surface area contributed by atoms with Gasteiger partial charge in [0.05, 0.1) is 5.56 Å². The number of aromatic nitrogens is 1. The fraction of sp³-hybridized carbons (Fsp3) is 0.412. The van der Waals surface area contributed by atoms with Crippen molar-refractivity contribution in [3.8, 4) is 5.75 Å². The Balaban J connectivity index is 1.99. The third kappa shape index (κ3) is 5.23. The second-order valence-corrected chi connectivity index (χ2v) is 6.07. The van der Waals surface area contributed by atoms with E-state index in [0.717, 1.165) is 12.1 Å². The van der Waals surface area contributed by atoms with Crippen LogP contribution in [-0.2, 0) is 12.8 Å². The van der Waals surface area contributed by atoms with E-state index >= 15 is 0 Å². The van der Waals surface area contributed by atoms with E-state index in [1.165, 1.54) is 23.1 Å². The van der Waals surface area contributed by atoms with Gasteiger partial charge in [0.25, 0.3) is 5.91 Å². The maximum absolute atomic E-state index is 12.7. The lowest BCUT2D eigenvalue weighted by molar-refractivity contribution is -0.137. The van der Waals surface area contributed by atoms with E-state index in [4.69, 9.17) is 9.26 Å². The lowest BCUT2D eigenvalue weighted by Gasteiger charge is -2.17. The molecule has 8 heteroatoms. The third-order valence-electron chi connectivity index (χ3n) is 3.31. The molecule has 5 nitrogen and oxygen atoms in total. The summed E-state index contributed by atoms with van der Waals surface area (Å²) in [5, 5.41) is 3.69. The Morgan fingerprint density at radius 2 is 2.04 bits per heavy atom. The van der Waals surface area contributed by atoms with Gasteiger partial charge in [-0.1, -0.05) is 25.1 Å². The first-order valence-corrected chi connectivity index (χ1v) is 7.68. The Morgan fingerprint density at radius 3 is 2.68 bits per heavy atom. The summed E-state index contributed by atoms with van der Waals surface area (Å²) in [7, 11) is 1.66. The summed E-state index contributed by atoms with van der Waals surface area (Å²) in [6.07, 6.45) is -4.44. The van der Waals surface area contributed by atoms with Crippen molar-refractivity contribution in [2.45, 2.75) is 26.6 Å². The van der Waals surface area contributed by atoms with Gasteiger partial charge in [-0.05, 0) is 24.1 Å². The van der Waals surface area contributed by atoms with Crippen LogP contribution in [0.15, 0.2) is 34.9 Å². The molecule has 0 spiro atoms. The molecule has 0 saturated heterocycles. The van der Waals surface area contributed by atoms with Crippen LogP contribution < -0.4 is 4.74 Å². The van der Waals surface area contributed by atoms with Gasteiger partial charge in [0.1, 0.15) is 12.4 Å².